The number of hydrogen-bond acceptors (Lipinski definition) is 2. The number of hydrogen-bond donors (Lipinski definition) is 0. The van der Waals surface area contributed by atoms with E-state index in [0.29, 0.717) is 0 Å². The van der Waals surface area contributed by atoms with Gasteiger partial charge in [-0.15, -0.1) is 0 Å². The topological polar surface area (TPSA) is 16.4 Å². The zero-order valence-corrected chi connectivity index (χ0v) is 20.3. The van der Waals surface area contributed by atoms with Crippen molar-refractivity contribution >= 4 is 27.5 Å². The van der Waals surface area contributed by atoms with Crippen molar-refractivity contribution in [2.24, 2.45) is 7.05 Å². The van der Waals surface area contributed by atoms with Crippen LogP contribution in [-0.4, -0.2) is 21.2 Å². The smallest absolute Gasteiger partial charge is 0.219 e. The fourth-order valence-corrected chi connectivity index (χ4v) is 5.14. The van der Waals surface area contributed by atoms with Gasteiger partial charge in [-0.1, -0.05) is 23.8 Å². The lowest BCUT2D eigenvalue weighted by Crippen LogP contribution is -2.31. The molecule has 0 aliphatic heterocycles. The second-order valence-corrected chi connectivity index (χ2v) is 9.12. The van der Waals surface area contributed by atoms with E-state index in [-0.39, 0.29) is 0 Å². The minimum absolute atomic E-state index is 0.910. The van der Waals surface area contributed by atoms with Crippen LogP contribution >= 0.6 is 0 Å². The molecule has 0 fully saturated rings. The summed E-state index contributed by atoms with van der Waals surface area (Å²) >= 11 is 0. The molecule has 160 valence electrons. The molecule has 3 heteroatoms. The molecule has 4 rings (SSSR count). The average molecular weight is 414 g/mol. The van der Waals surface area contributed by atoms with Gasteiger partial charge in [0.1, 0.15) is 12.8 Å². The maximum absolute atomic E-state index is 6.01. The molecule has 3 aromatic carbocycles. The molecule has 0 saturated carbocycles. The summed E-state index contributed by atoms with van der Waals surface area (Å²) in [4.78, 5) is 2.13. The Morgan fingerprint density at radius 1 is 0.677 bits per heavy atom. The van der Waals surface area contributed by atoms with Gasteiger partial charge in [-0.25, -0.2) is 0 Å². The molecule has 0 bridgehead atoms. The number of anilines is 1. The second kappa shape index (κ2) is 7.56. The van der Waals surface area contributed by atoms with Crippen LogP contribution in [-0.2, 0) is 7.05 Å². The Labute approximate surface area is 185 Å². The largest absolute Gasteiger partial charge is 0.496 e. The van der Waals surface area contributed by atoms with E-state index in [9.17, 15) is 0 Å². The fourth-order valence-electron chi connectivity index (χ4n) is 5.14. The SMILES string of the molecule is COc1cc(N(C)C)cc2c1c(-c1c(C)cc(C)cc1C)c1c(C)cc(C)cc1[n+]2C. The Hall–Kier alpha value is -3.07. The van der Waals surface area contributed by atoms with Crippen LogP contribution in [0.2, 0.25) is 0 Å². The van der Waals surface area contributed by atoms with E-state index in [1.807, 2.05) is 0 Å². The van der Waals surface area contributed by atoms with Crippen LogP contribution in [0.25, 0.3) is 32.9 Å². The third kappa shape index (κ3) is 3.33. The average Bonchev–Trinajstić information content (AvgIpc) is 2.68. The van der Waals surface area contributed by atoms with Crippen LogP contribution in [0, 0.1) is 34.6 Å². The third-order valence-electron chi connectivity index (χ3n) is 6.41. The highest BCUT2D eigenvalue weighted by Gasteiger charge is 2.26. The highest BCUT2D eigenvalue weighted by molar-refractivity contribution is 6.12. The molecule has 0 spiro atoms. The van der Waals surface area contributed by atoms with Gasteiger partial charge in [0.05, 0.1) is 17.9 Å². The van der Waals surface area contributed by atoms with Gasteiger partial charge < -0.3 is 9.64 Å². The molecule has 31 heavy (non-hydrogen) atoms. The predicted octanol–water partition coefficient (Wildman–Crippen LogP) is 6.10. The second-order valence-electron chi connectivity index (χ2n) is 9.12. The lowest BCUT2D eigenvalue weighted by molar-refractivity contribution is -0.617. The van der Waals surface area contributed by atoms with E-state index >= 15 is 0 Å². The van der Waals surface area contributed by atoms with Crippen molar-refractivity contribution in [1.29, 1.82) is 0 Å². The Kier molecular flexibility index (Phi) is 5.17. The van der Waals surface area contributed by atoms with Crippen LogP contribution in [0.3, 0.4) is 0 Å². The third-order valence-corrected chi connectivity index (χ3v) is 6.41. The van der Waals surface area contributed by atoms with Crippen molar-refractivity contribution in [2.45, 2.75) is 34.6 Å². The summed E-state index contributed by atoms with van der Waals surface area (Å²) in [6.07, 6.45) is 0. The molecule has 0 N–H and O–H groups in total. The van der Waals surface area contributed by atoms with Gasteiger partial charge in [0, 0.05) is 43.5 Å². The fraction of sp³-hybridized carbons (Fsp3) is 0.321. The summed E-state index contributed by atoms with van der Waals surface area (Å²) < 4.78 is 8.33. The lowest BCUT2D eigenvalue weighted by atomic mass is 9.86. The van der Waals surface area contributed by atoms with Crippen molar-refractivity contribution in [3.63, 3.8) is 0 Å². The van der Waals surface area contributed by atoms with Gasteiger partial charge in [-0.3, -0.25) is 0 Å². The number of fused-ring (bicyclic) bond motifs is 2. The van der Waals surface area contributed by atoms with Crippen molar-refractivity contribution < 1.29 is 9.30 Å². The molecular weight excluding hydrogens is 380 g/mol. The van der Waals surface area contributed by atoms with Gasteiger partial charge >= 0.3 is 0 Å². The molecule has 3 nitrogen and oxygen atoms in total. The first-order valence-electron chi connectivity index (χ1n) is 10.8. The number of benzene rings is 3. The molecule has 1 aromatic heterocycles. The summed E-state index contributed by atoms with van der Waals surface area (Å²) in [6, 6.07) is 13.6. The van der Waals surface area contributed by atoms with Crippen LogP contribution in [0.1, 0.15) is 27.8 Å². The van der Waals surface area contributed by atoms with E-state index < -0.39 is 0 Å². The van der Waals surface area contributed by atoms with E-state index in [2.05, 4.69) is 102 Å². The van der Waals surface area contributed by atoms with Crippen molar-refractivity contribution in [2.75, 3.05) is 26.1 Å². The molecule has 0 radical (unpaired) electrons. The number of pyridine rings is 1. The Balaban J connectivity index is 2.37. The normalized spacial score (nSPS) is 11.4. The minimum atomic E-state index is 0.910. The molecule has 0 atom stereocenters. The first kappa shape index (κ1) is 21.2. The van der Waals surface area contributed by atoms with Gasteiger partial charge in [0.2, 0.25) is 11.0 Å². The summed E-state index contributed by atoms with van der Waals surface area (Å²) in [5.74, 6) is 0.910. The summed E-state index contributed by atoms with van der Waals surface area (Å²) in [5.41, 5.74) is 12.6. The molecule has 0 saturated heterocycles. The highest BCUT2D eigenvalue weighted by Crippen LogP contribution is 2.44. The van der Waals surface area contributed by atoms with Crippen molar-refractivity contribution in [1.82, 2.24) is 0 Å². The minimum Gasteiger partial charge on any atom is -0.496 e. The van der Waals surface area contributed by atoms with Crippen molar-refractivity contribution in [3.05, 3.63) is 64.2 Å². The first-order valence-corrected chi connectivity index (χ1v) is 10.8. The Morgan fingerprint density at radius 3 is 1.81 bits per heavy atom. The number of nitrogens with zero attached hydrogens (tertiary/aromatic N) is 2. The quantitative estimate of drug-likeness (QED) is 0.298. The van der Waals surface area contributed by atoms with Gasteiger partial charge in [-0.2, -0.15) is 4.57 Å². The molecule has 0 aliphatic rings. The van der Waals surface area contributed by atoms with Crippen LogP contribution < -0.4 is 14.2 Å². The Bertz CT molecular complexity index is 1330. The van der Waals surface area contributed by atoms with Crippen molar-refractivity contribution in [3.8, 4) is 16.9 Å². The lowest BCUT2D eigenvalue weighted by Gasteiger charge is -2.21. The first-order chi connectivity index (χ1) is 14.6. The Morgan fingerprint density at radius 2 is 1.23 bits per heavy atom. The molecule has 0 amide bonds. The molecule has 4 aromatic rings. The number of ether oxygens (including phenoxy) is 1. The summed E-state index contributed by atoms with van der Waals surface area (Å²) in [5, 5.41) is 2.47. The van der Waals surface area contributed by atoms with Crippen LogP contribution in [0.5, 0.6) is 5.75 Å². The predicted molar refractivity (Wildman–Crippen MR) is 133 cm³/mol. The maximum Gasteiger partial charge on any atom is 0.219 e. The zero-order valence-electron chi connectivity index (χ0n) is 20.3. The van der Waals surface area contributed by atoms with E-state index in [1.165, 1.54) is 60.8 Å². The van der Waals surface area contributed by atoms with Gasteiger partial charge in [0.15, 0.2) is 0 Å². The molecule has 0 aliphatic carbocycles. The monoisotopic (exact) mass is 413 g/mol. The molecule has 0 unspecified atom stereocenters. The standard InChI is InChI=1S/C28H33N2O/c1-16-10-18(3)25(19(4)11-16)28-26-20(5)12-17(2)13-22(26)30(8)23-14-21(29(6)7)15-24(31-9)27(23)28/h10-15H,1-9H3/q+1. The number of aryl methyl sites for hydroxylation is 6. The molecule has 1 heterocycles. The van der Waals surface area contributed by atoms with E-state index in [4.69, 9.17) is 4.74 Å². The summed E-state index contributed by atoms with van der Waals surface area (Å²) in [7, 11) is 8.09. The zero-order chi connectivity index (χ0) is 22.6. The number of rotatable bonds is 3. The molecular formula is C28H33N2O+. The van der Waals surface area contributed by atoms with Crippen LogP contribution in [0.4, 0.5) is 5.69 Å². The van der Waals surface area contributed by atoms with E-state index in [0.717, 1.165) is 11.4 Å². The van der Waals surface area contributed by atoms with E-state index in [1.54, 1.807) is 7.11 Å². The van der Waals surface area contributed by atoms with Crippen LogP contribution in [0.15, 0.2) is 36.4 Å². The number of methoxy groups -OCH3 is 1. The highest BCUT2D eigenvalue weighted by atomic mass is 16.5. The summed E-state index contributed by atoms with van der Waals surface area (Å²) in [6.45, 7) is 11.0. The number of aromatic nitrogens is 1. The maximum atomic E-state index is 6.01. The van der Waals surface area contributed by atoms with Gasteiger partial charge in [0.25, 0.3) is 0 Å². The van der Waals surface area contributed by atoms with Gasteiger partial charge in [-0.05, 0) is 62.4 Å².